The first-order valence-electron chi connectivity index (χ1n) is 10.0. The zero-order valence-corrected chi connectivity index (χ0v) is 16.6. The summed E-state index contributed by atoms with van der Waals surface area (Å²) in [6, 6.07) is 8.45. The van der Waals surface area contributed by atoms with E-state index >= 15 is 0 Å². The molecule has 1 aromatic carbocycles. The molecule has 26 heavy (non-hydrogen) atoms. The first-order chi connectivity index (χ1) is 12.7. The van der Waals surface area contributed by atoms with E-state index in [1.807, 2.05) is 0 Å². The highest BCUT2D eigenvalue weighted by Gasteiger charge is 2.25. The third-order valence-electron chi connectivity index (χ3n) is 4.97. The number of aliphatic hydroxyl groups is 1. The summed E-state index contributed by atoms with van der Waals surface area (Å²) in [7, 11) is 0. The number of rotatable bonds is 8. The lowest BCUT2D eigenvalue weighted by Crippen LogP contribution is -2.48. The van der Waals surface area contributed by atoms with Crippen LogP contribution in [0.2, 0.25) is 0 Å². The lowest BCUT2D eigenvalue weighted by molar-refractivity contribution is -0.00835. The minimum Gasteiger partial charge on any atom is -0.396 e. The Morgan fingerprint density at radius 2 is 2.15 bits per heavy atom. The van der Waals surface area contributed by atoms with Crippen LogP contribution < -0.4 is 5.32 Å². The minimum atomic E-state index is 0.0812. The Balaban J connectivity index is 2.08. The van der Waals surface area contributed by atoms with Crippen molar-refractivity contribution in [1.82, 2.24) is 10.2 Å². The van der Waals surface area contributed by atoms with E-state index in [9.17, 15) is 5.11 Å². The van der Waals surface area contributed by atoms with Crippen molar-refractivity contribution in [2.75, 3.05) is 39.4 Å². The summed E-state index contributed by atoms with van der Waals surface area (Å²) in [4.78, 5) is 7.20. The molecular weight excluding hydrogens is 326 g/mol. The summed E-state index contributed by atoms with van der Waals surface area (Å²) in [5.74, 6) is 1.42. The molecule has 2 rings (SSSR count). The summed E-state index contributed by atoms with van der Waals surface area (Å²) in [6.07, 6.45) is 3.14. The normalized spacial score (nSPS) is 19.5. The summed E-state index contributed by atoms with van der Waals surface area (Å²) in [5.41, 5.74) is 2.53. The smallest absolute Gasteiger partial charge is 0.194 e. The maximum Gasteiger partial charge on any atom is 0.194 e. The highest BCUT2D eigenvalue weighted by Crippen LogP contribution is 2.25. The van der Waals surface area contributed by atoms with Crippen LogP contribution in [0, 0.1) is 12.8 Å². The third-order valence-corrected chi connectivity index (χ3v) is 4.97. The highest BCUT2D eigenvalue weighted by atomic mass is 16.5. The van der Waals surface area contributed by atoms with Gasteiger partial charge in [-0.1, -0.05) is 37.6 Å². The van der Waals surface area contributed by atoms with E-state index in [1.54, 1.807) is 0 Å². The monoisotopic (exact) mass is 361 g/mol. The standard InChI is InChI=1S/C21H35N3O2/c1-4-8-18(11-13-25)15-23-21(22-5-2)24-12-14-26-20(16-24)19-10-7-6-9-17(19)3/h6-7,9-10,18,20,25H,4-5,8,11-16H2,1-3H3,(H,22,23). The molecule has 5 heteroatoms. The lowest BCUT2D eigenvalue weighted by atomic mass is 10.0. The molecule has 1 aromatic rings. The number of hydrogen-bond acceptors (Lipinski definition) is 3. The number of nitrogens with one attached hydrogen (secondary N) is 1. The van der Waals surface area contributed by atoms with Crippen LogP contribution in [0.4, 0.5) is 0 Å². The number of nitrogens with zero attached hydrogens (tertiary/aromatic N) is 2. The van der Waals surface area contributed by atoms with Gasteiger partial charge in [-0.15, -0.1) is 0 Å². The minimum absolute atomic E-state index is 0.0812. The number of aryl methyl sites for hydroxylation is 1. The molecule has 0 radical (unpaired) electrons. The van der Waals surface area contributed by atoms with Gasteiger partial charge in [-0.25, -0.2) is 0 Å². The number of hydrogen-bond donors (Lipinski definition) is 2. The molecular formula is C21H35N3O2. The number of aliphatic imine (C=N–C) groups is 1. The van der Waals surface area contributed by atoms with Crippen LogP contribution in [0.15, 0.2) is 29.3 Å². The number of aliphatic hydroxyl groups excluding tert-OH is 1. The second-order valence-electron chi connectivity index (χ2n) is 7.02. The van der Waals surface area contributed by atoms with Crippen molar-refractivity contribution in [3.8, 4) is 0 Å². The van der Waals surface area contributed by atoms with Gasteiger partial charge >= 0.3 is 0 Å². The first-order valence-corrected chi connectivity index (χ1v) is 10.0. The summed E-state index contributed by atoms with van der Waals surface area (Å²) in [6.45, 7) is 10.7. The first kappa shape index (κ1) is 20.7. The van der Waals surface area contributed by atoms with Gasteiger partial charge in [0.25, 0.3) is 0 Å². The molecule has 1 aliphatic rings. The average Bonchev–Trinajstić information content (AvgIpc) is 2.66. The van der Waals surface area contributed by atoms with Gasteiger partial charge in [0.05, 0.1) is 13.2 Å². The van der Waals surface area contributed by atoms with Crippen LogP contribution in [-0.4, -0.2) is 55.4 Å². The molecule has 2 N–H and O–H groups in total. The predicted molar refractivity (Wildman–Crippen MR) is 108 cm³/mol. The van der Waals surface area contributed by atoms with Crippen LogP contribution in [-0.2, 0) is 4.74 Å². The Morgan fingerprint density at radius 3 is 2.85 bits per heavy atom. The van der Waals surface area contributed by atoms with Gasteiger partial charge < -0.3 is 20.1 Å². The van der Waals surface area contributed by atoms with Gasteiger partial charge in [0.1, 0.15) is 6.10 Å². The van der Waals surface area contributed by atoms with Gasteiger partial charge in [0.2, 0.25) is 0 Å². The van der Waals surface area contributed by atoms with Crippen molar-refractivity contribution in [2.24, 2.45) is 10.9 Å². The quantitative estimate of drug-likeness (QED) is 0.552. The van der Waals surface area contributed by atoms with Crippen LogP contribution >= 0.6 is 0 Å². The maximum absolute atomic E-state index is 9.28. The molecule has 2 unspecified atom stereocenters. The second kappa shape index (κ2) is 11.2. The van der Waals surface area contributed by atoms with E-state index in [2.05, 4.69) is 55.3 Å². The molecule has 0 spiro atoms. The van der Waals surface area contributed by atoms with Crippen molar-refractivity contribution < 1.29 is 9.84 Å². The molecule has 0 saturated carbocycles. The molecule has 0 bridgehead atoms. The van der Waals surface area contributed by atoms with Crippen molar-refractivity contribution in [1.29, 1.82) is 0 Å². The van der Waals surface area contributed by atoms with Crippen molar-refractivity contribution in [3.63, 3.8) is 0 Å². The van der Waals surface area contributed by atoms with Gasteiger partial charge in [0.15, 0.2) is 5.96 Å². The molecule has 5 nitrogen and oxygen atoms in total. The number of ether oxygens (including phenoxy) is 1. The van der Waals surface area contributed by atoms with Crippen molar-refractivity contribution in [2.45, 2.75) is 46.1 Å². The Labute approximate surface area is 158 Å². The maximum atomic E-state index is 9.28. The molecule has 0 aliphatic carbocycles. The van der Waals surface area contributed by atoms with Crippen LogP contribution in [0.3, 0.4) is 0 Å². The van der Waals surface area contributed by atoms with E-state index < -0.39 is 0 Å². The number of guanidine groups is 1. The van der Waals surface area contributed by atoms with E-state index in [1.165, 1.54) is 11.1 Å². The fourth-order valence-corrected chi connectivity index (χ4v) is 3.54. The molecule has 2 atom stereocenters. The fourth-order valence-electron chi connectivity index (χ4n) is 3.54. The summed E-state index contributed by atoms with van der Waals surface area (Å²) in [5, 5.41) is 12.7. The molecule has 0 amide bonds. The Morgan fingerprint density at radius 1 is 1.35 bits per heavy atom. The average molecular weight is 362 g/mol. The molecule has 1 heterocycles. The Bertz CT molecular complexity index is 556. The van der Waals surface area contributed by atoms with Crippen molar-refractivity contribution in [3.05, 3.63) is 35.4 Å². The van der Waals surface area contributed by atoms with Crippen LogP contribution in [0.1, 0.15) is 50.3 Å². The van der Waals surface area contributed by atoms with Crippen LogP contribution in [0.5, 0.6) is 0 Å². The van der Waals surface area contributed by atoms with Gasteiger partial charge in [-0.05, 0) is 43.7 Å². The Hall–Kier alpha value is -1.59. The zero-order valence-electron chi connectivity index (χ0n) is 16.6. The third kappa shape index (κ3) is 5.99. The van der Waals surface area contributed by atoms with E-state index in [4.69, 9.17) is 9.73 Å². The van der Waals surface area contributed by atoms with E-state index in [0.717, 1.165) is 51.4 Å². The fraction of sp³-hybridized carbons (Fsp3) is 0.667. The van der Waals surface area contributed by atoms with Crippen LogP contribution in [0.25, 0.3) is 0 Å². The summed E-state index contributed by atoms with van der Waals surface area (Å²) < 4.78 is 6.05. The lowest BCUT2D eigenvalue weighted by Gasteiger charge is -2.36. The largest absolute Gasteiger partial charge is 0.396 e. The molecule has 1 aliphatic heterocycles. The topological polar surface area (TPSA) is 57.1 Å². The Kier molecular flexibility index (Phi) is 8.92. The summed E-state index contributed by atoms with van der Waals surface area (Å²) >= 11 is 0. The molecule has 1 saturated heterocycles. The molecule has 0 aromatic heterocycles. The van der Waals surface area contributed by atoms with Gasteiger partial charge in [-0.2, -0.15) is 0 Å². The van der Waals surface area contributed by atoms with E-state index in [-0.39, 0.29) is 12.7 Å². The van der Waals surface area contributed by atoms with Gasteiger partial charge in [-0.3, -0.25) is 4.99 Å². The SMILES string of the molecule is CCCC(CCO)CN=C(NCC)N1CCOC(c2ccccc2C)C1. The number of morpholine rings is 1. The van der Waals surface area contributed by atoms with Crippen molar-refractivity contribution >= 4 is 5.96 Å². The molecule has 1 fully saturated rings. The zero-order chi connectivity index (χ0) is 18.8. The van der Waals surface area contributed by atoms with Gasteiger partial charge in [0, 0.05) is 26.2 Å². The molecule has 146 valence electrons. The predicted octanol–water partition coefficient (Wildman–Crippen LogP) is 3.13. The highest BCUT2D eigenvalue weighted by molar-refractivity contribution is 5.80. The van der Waals surface area contributed by atoms with E-state index in [0.29, 0.717) is 12.5 Å². The second-order valence-corrected chi connectivity index (χ2v) is 7.02. The number of benzene rings is 1.